The Morgan fingerprint density at radius 3 is 2.59 bits per heavy atom. The molecule has 0 radical (unpaired) electrons. The fraction of sp³-hybridized carbons (Fsp3) is 0.909. The highest BCUT2D eigenvalue weighted by Crippen LogP contribution is 2.29. The molecule has 1 aliphatic rings. The number of sulfone groups is 1. The van der Waals surface area contributed by atoms with Crippen LogP contribution in [0.5, 0.6) is 0 Å². The lowest BCUT2D eigenvalue weighted by Crippen LogP contribution is -2.47. The summed E-state index contributed by atoms with van der Waals surface area (Å²) < 4.78 is 22.3. The van der Waals surface area contributed by atoms with Gasteiger partial charge >= 0.3 is 0 Å². The number of rotatable bonds is 5. The van der Waals surface area contributed by atoms with Crippen LogP contribution < -0.4 is 10.6 Å². The molecule has 1 heterocycles. The van der Waals surface area contributed by atoms with E-state index in [9.17, 15) is 13.2 Å². The molecule has 5 nitrogen and oxygen atoms in total. The molecule has 2 unspecified atom stereocenters. The Morgan fingerprint density at radius 2 is 2.18 bits per heavy atom. The molecule has 2 atom stereocenters. The lowest BCUT2D eigenvalue weighted by molar-refractivity contribution is -0.130. The van der Waals surface area contributed by atoms with Gasteiger partial charge in [0.1, 0.15) is 9.84 Å². The molecule has 1 amide bonds. The van der Waals surface area contributed by atoms with E-state index >= 15 is 0 Å². The zero-order valence-corrected chi connectivity index (χ0v) is 11.6. The van der Waals surface area contributed by atoms with Crippen molar-refractivity contribution in [2.45, 2.75) is 32.7 Å². The lowest BCUT2D eigenvalue weighted by Gasteiger charge is -2.27. The number of carbonyl (C=O) groups excluding carboxylic acids is 1. The standard InChI is InChI=1S/C11H22N2O3S/c1-4-11(5-6-12-8-11)10(14)13-9(2)7-17(3,15)16/h9,12H,4-8H2,1-3H3,(H,13,14). The van der Waals surface area contributed by atoms with E-state index in [-0.39, 0.29) is 23.1 Å². The van der Waals surface area contributed by atoms with Crippen LogP contribution in [0.25, 0.3) is 0 Å². The molecule has 0 aromatic rings. The summed E-state index contributed by atoms with van der Waals surface area (Å²) in [6.07, 6.45) is 2.78. The van der Waals surface area contributed by atoms with E-state index in [2.05, 4.69) is 10.6 Å². The van der Waals surface area contributed by atoms with Crippen LogP contribution >= 0.6 is 0 Å². The minimum Gasteiger partial charge on any atom is -0.352 e. The summed E-state index contributed by atoms with van der Waals surface area (Å²) in [6.45, 7) is 5.25. The van der Waals surface area contributed by atoms with Crippen LogP contribution in [0.2, 0.25) is 0 Å². The van der Waals surface area contributed by atoms with Gasteiger partial charge in [-0.1, -0.05) is 6.92 Å². The first-order valence-electron chi connectivity index (χ1n) is 5.98. The van der Waals surface area contributed by atoms with Gasteiger partial charge in [0.2, 0.25) is 5.91 Å². The van der Waals surface area contributed by atoms with E-state index in [4.69, 9.17) is 0 Å². The van der Waals surface area contributed by atoms with Gasteiger partial charge in [0.25, 0.3) is 0 Å². The molecule has 1 fully saturated rings. The Kier molecular flexibility index (Phi) is 4.55. The van der Waals surface area contributed by atoms with E-state index in [1.807, 2.05) is 6.92 Å². The van der Waals surface area contributed by atoms with E-state index in [1.54, 1.807) is 6.92 Å². The van der Waals surface area contributed by atoms with Crippen LogP contribution in [0.4, 0.5) is 0 Å². The zero-order valence-electron chi connectivity index (χ0n) is 10.7. The van der Waals surface area contributed by atoms with Crippen molar-refractivity contribution in [2.75, 3.05) is 25.1 Å². The molecule has 0 bridgehead atoms. The summed E-state index contributed by atoms with van der Waals surface area (Å²) in [4.78, 5) is 12.1. The maximum atomic E-state index is 12.1. The summed E-state index contributed by atoms with van der Waals surface area (Å²) in [5, 5.41) is 6.00. The normalized spacial score (nSPS) is 26.8. The molecular formula is C11H22N2O3S. The van der Waals surface area contributed by atoms with Gasteiger partial charge < -0.3 is 10.6 Å². The molecule has 1 saturated heterocycles. The Morgan fingerprint density at radius 1 is 1.53 bits per heavy atom. The molecule has 0 aromatic carbocycles. The zero-order chi connectivity index (χ0) is 13.1. The summed E-state index contributed by atoms with van der Waals surface area (Å²) in [5.41, 5.74) is -0.355. The monoisotopic (exact) mass is 262 g/mol. The van der Waals surface area contributed by atoms with Crippen molar-refractivity contribution in [3.8, 4) is 0 Å². The van der Waals surface area contributed by atoms with E-state index in [0.29, 0.717) is 6.54 Å². The average molecular weight is 262 g/mol. The van der Waals surface area contributed by atoms with E-state index < -0.39 is 9.84 Å². The largest absolute Gasteiger partial charge is 0.352 e. The van der Waals surface area contributed by atoms with Crippen molar-refractivity contribution >= 4 is 15.7 Å². The van der Waals surface area contributed by atoms with Gasteiger partial charge in [-0.05, 0) is 26.3 Å². The second kappa shape index (κ2) is 5.35. The summed E-state index contributed by atoms with van der Waals surface area (Å²) in [7, 11) is -3.05. The summed E-state index contributed by atoms with van der Waals surface area (Å²) in [5.74, 6) is -0.0347. The van der Waals surface area contributed by atoms with Crippen molar-refractivity contribution in [1.82, 2.24) is 10.6 Å². The predicted octanol–water partition coefficient (Wildman–Crippen LogP) is -0.0746. The SMILES string of the molecule is CCC1(C(=O)NC(C)CS(C)(=O)=O)CCNC1. The average Bonchev–Trinajstić information content (AvgIpc) is 2.63. The molecular weight excluding hydrogens is 240 g/mol. The quantitative estimate of drug-likeness (QED) is 0.727. The van der Waals surface area contributed by atoms with Crippen molar-refractivity contribution < 1.29 is 13.2 Å². The van der Waals surface area contributed by atoms with Crippen molar-refractivity contribution in [1.29, 1.82) is 0 Å². The molecule has 1 aliphatic heterocycles. The number of carbonyl (C=O) groups is 1. The highest BCUT2D eigenvalue weighted by Gasteiger charge is 2.39. The number of hydrogen-bond donors (Lipinski definition) is 2. The summed E-state index contributed by atoms with van der Waals surface area (Å²) >= 11 is 0. The maximum absolute atomic E-state index is 12.1. The Labute approximate surface area is 103 Å². The predicted molar refractivity (Wildman–Crippen MR) is 67.5 cm³/mol. The van der Waals surface area contributed by atoms with Crippen LogP contribution in [0.3, 0.4) is 0 Å². The first-order valence-corrected chi connectivity index (χ1v) is 8.04. The smallest absolute Gasteiger partial charge is 0.227 e. The fourth-order valence-corrected chi connectivity index (χ4v) is 3.26. The van der Waals surface area contributed by atoms with Gasteiger partial charge in [0, 0.05) is 18.8 Å². The molecule has 1 rings (SSSR count). The first kappa shape index (κ1) is 14.4. The number of hydrogen-bond acceptors (Lipinski definition) is 4. The van der Waals surface area contributed by atoms with Gasteiger partial charge in [-0.3, -0.25) is 4.79 Å². The van der Waals surface area contributed by atoms with Gasteiger partial charge in [-0.25, -0.2) is 8.42 Å². The molecule has 17 heavy (non-hydrogen) atoms. The lowest BCUT2D eigenvalue weighted by atomic mass is 9.83. The van der Waals surface area contributed by atoms with Crippen molar-refractivity contribution in [2.24, 2.45) is 5.41 Å². The van der Waals surface area contributed by atoms with Crippen LogP contribution in [0, 0.1) is 5.41 Å². The van der Waals surface area contributed by atoms with Crippen LogP contribution in [-0.2, 0) is 14.6 Å². The Balaban J connectivity index is 2.59. The molecule has 2 N–H and O–H groups in total. The van der Waals surface area contributed by atoms with E-state index in [0.717, 1.165) is 19.4 Å². The third kappa shape index (κ3) is 3.96. The maximum Gasteiger partial charge on any atom is 0.227 e. The minimum absolute atomic E-state index is 0.00797. The topological polar surface area (TPSA) is 75.3 Å². The third-order valence-corrected chi connectivity index (χ3v) is 4.44. The first-order chi connectivity index (χ1) is 7.79. The second-order valence-electron chi connectivity index (χ2n) is 5.03. The molecule has 100 valence electrons. The van der Waals surface area contributed by atoms with Gasteiger partial charge in [0.15, 0.2) is 0 Å². The van der Waals surface area contributed by atoms with Crippen molar-refractivity contribution in [3.63, 3.8) is 0 Å². The molecule has 0 spiro atoms. The van der Waals surface area contributed by atoms with Gasteiger partial charge in [0.05, 0.1) is 11.2 Å². The van der Waals surface area contributed by atoms with Gasteiger partial charge in [-0.15, -0.1) is 0 Å². The minimum atomic E-state index is -3.05. The van der Waals surface area contributed by atoms with E-state index in [1.165, 1.54) is 6.26 Å². The molecule has 0 saturated carbocycles. The van der Waals surface area contributed by atoms with Crippen LogP contribution in [0.15, 0.2) is 0 Å². The second-order valence-corrected chi connectivity index (χ2v) is 7.21. The highest BCUT2D eigenvalue weighted by atomic mass is 32.2. The van der Waals surface area contributed by atoms with Crippen LogP contribution in [0.1, 0.15) is 26.7 Å². The number of nitrogens with one attached hydrogen (secondary N) is 2. The summed E-state index contributed by atoms with van der Waals surface area (Å²) in [6, 6.07) is -0.332. The molecule has 0 aliphatic carbocycles. The Bertz CT molecular complexity index is 372. The highest BCUT2D eigenvalue weighted by molar-refractivity contribution is 7.90. The molecule has 0 aromatic heterocycles. The Hall–Kier alpha value is -0.620. The van der Waals surface area contributed by atoms with Crippen molar-refractivity contribution in [3.05, 3.63) is 0 Å². The van der Waals surface area contributed by atoms with Crippen LogP contribution in [-0.4, -0.2) is 45.5 Å². The third-order valence-electron chi connectivity index (χ3n) is 3.33. The van der Waals surface area contributed by atoms with Gasteiger partial charge in [-0.2, -0.15) is 0 Å². The molecule has 6 heteroatoms. The fourth-order valence-electron chi connectivity index (χ4n) is 2.27. The number of amides is 1.